The Morgan fingerprint density at radius 2 is 0.804 bits per heavy atom. The van der Waals surface area contributed by atoms with Crippen LogP contribution in [0.3, 0.4) is 0 Å². The number of fused-ring (bicyclic) bond motifs is 20. The summed E-state index contributed by atoms with van der Waals surface area (Å²) in [6.07, 6.45) is 26.4. The first-order chi connectivity index (χ1) is 22.3. The molecule has 1 aromatic heterocycles. The van der Waals surface area contributed by atoms with E-state index in [1.54, 1.807) is 11.3 Å². The van der Waals surface area contributed by atoms with Crippen molar-refractivity contribution in [2.24, 2.45) is 47.3 Å². The van der Waals surface area contributed by atoms with Crippen LogP contribution < -0.4 is 42.5 Å². The van der Waals surface area contributed by atoms with Crippen molar-refractivity contribution in [2.45, 2.75) is 146 Å². The molecule has 1 aromatic rings. The zero-order valence-corrected chi connectivity index (χ0v) is 29.1. The second-order valence-electron chi connectivity index (χ2n) is 16.1. The van der Waals surface area contributed by atoms with Gasteiger partial charge in [-0.25, -0.2) is 6.07 Å². The van der Waals surface area contributed by atoms with Gasteiger partial charge in [-0.05, 0) is 80.0 Å². The molecule has 259 valence electrons. The van der Waals surface area contributed by atoms with E-state index in [1.165, 1.54) is 96.3 Å². The molecule has 8 N–H and O–H groups in total. The molecule has 9 fully saturated rings. The fourth-order valence-corrected chi connectivity index (χ4v) is 12.3. The van der Waals surface area contributed by atoms with Gasteiger partial charge in [-0.1, -0.05) is 51.4 Å². The van der Waals surface area contributed by atoms with Crippen LogP contribution in [0.25, 0.3) is 0 Å². The summed E-state index contributed by atoms with van der Waals surface area (Å²) in [6.45, 7) is 0. The van der Waals surface area contributed by atoms with Crippen LogP contribution in [0.5, 0.6) is 0 Å². The van der Waals surface area contributed by atoms with Crippen LogP contribution in [0.2, 0.25) is 0 Å². The summed E-state index contributed by atoms with van der Waals surface area (Å²) >= 11 is 1.59. The Labute approximate surface area is 292 Å². The molecule has 1 radical (unpaired) electrons. The van der Waals surface area contributed by atoms with Gasteiger partial charge in [0, 0.05) is 6.17 Å². The molecule has 0 spiro atoms. The van der Waals surface area contributed by atoms with Crippen molar-refractivity contribution in [3.05, 3.63) is 29.3 Å². The topological polar surface area (TPSA) is 96.2 Å². The van der Waals surface area contributed by atoms with E-state index in [9.17, 15) is 0 Å². The van der Waals surface area contributed by atoms with Crippen molar-refractivity contribution in [2.75, 3.05) is 0 Å². The zero-order valence-electron chi connectivity index (χ0n) is 27.4. The minimum atomic E-state index is 0. The van der Waals surface area contributed by atoms with Gasteiger partial charge in [-0.2, -0.15) is 17.9 Å². The van der Waals surface area contributed by atoms with Gasteiger partial charge in [0.15, 0.2) is 0 Å². The molecular formula is C36H58CuN8S. The van der Waals surface area contributed by atoms with Gasteiger partial charge in [-0.15, -0.1) is 11.3 Å². The fraction of sp³-hybridized carbons (Fsp3) is 0.861. The molecule has 10 heteroatoms. The summed E-state index contributed by atoms with van der Waals surface area (Å²) < 4.78 is 0. The van der Waals surface area contributed by atoms with E-state index in [2.05, 4.69) is 54.3 Å². The summed E-state index contributed by atoms with van der Waals surface area (Å²) in [5.74, 6) is 5.74. The predicted molar refractivity (Wildman–Crippen MR) is 180 cm³/mol. The number of rotatable bonds is 0. The molecule has 5 aliphatic heterocycles. The van der Waals surface area contributed by atoms with Crippen molar-refractivity contribution in [3.8, 4) is 0 Å². The van der Waals surface area contributed by atoms with Crippen molar-refractivity contribution in [1.82, 2.24) is 42.5 Å². The average molecular weight is 699 g/mol. The van der Waals surface area contributed by atoms with Gasteiger partial charge in [0.1, 0.15) is 0 Å². The minimum Gasteiger partial charge on any atom is -0.322 e. The summed E-state index contributed by atoms with van der Waals surface area (Å²) in [4.78, 5) is 0. The van der Waals surface area contributed by atoms with Crippen molar-refractivity contribution < 1.29 is 17.1 Å². The van der Waals surface area contributed by atoms with Crippen molar-refractivity contribution >= 4 is 11.3 Å². The van der Waals surface area contributed by atoms with E-state index in [1.807, 2.05) is 17.5 Å². The van der Waals surface area contributed by atoms with E-state index >= 15 is 0 Å². The maximum absolute atomic E-state index is 4.25. The largest absolute Gasteiger partial charge is 2.00 e. The summed E-state index contributed by atoms with van der Waals surface area (Å²) in [5, 5.41) is 38.6. The van der Waals surface area contributed by atoms with Crippen LogP contribution in [0, 0.1) is 59.1 Å². The third kappa shape index (κ3) is 6.34. The second kappa shape index (κ2) is 14.6. The zero-order chi connectivity index (χ0) is 29.7. The molecular weight excluding hydrogens is 640 g/mol. The van der Waals surface area contributed by atoms with Gasteiger partial charge in [0.05, 0.1) is 43.2 Å². The standard InChI is InChI=1S/C32H55N8.C4H3S.Cu/c1-2-10-18-17(9-1)25-33-26(18)38-28-21-13-5-6-14-22(21)30(35-28)40-32-24-16-8-7-15-23(24)31(36-32)39-29-20-12-4-3-11-19(20)27(34-29)37-25;1-2-4-5-3-1;/h9,17-40H,1-8,10-16H2;1-3H;/q2*-1;+2. The van der Waals surface area contributed by atoms with E-state index < -0.39 is 0 Å². The average Bonchev–Trinajstić information content (AvgIpc) is 3.93. The molecule has 10 rings (SSSR count). The Morgan fingerprint density at radius 3 is 1.13 bits per heavy atom. The molecule has 46 heavy (non-hydrogen) atoms. The first-order valence-electron chi connectivity index (χ1n) is 19.1. The molecule has 8 nitrogen and oxygen atoms in total. The van der Waals surface area contributed by atoms with Gasteiger partial charge < -0.3 is 17.8 Å². The van der Waals surface area contributed by atoms with Crippen LogP contribution in [0.1, 0.15) is 96.3 Å². The molecule has 0 aromatic carbocycles. The predicted octanol–water partition coefficient (Wildman–Crippen LogP) is 3.97. The van der Waals surface area contributed by atoms with E-state index in [0.29, 0.717) is 61.2 Å². The normalized spacial score (nSPS) is 51.0. The maximum atomic E-state index is 4.25. The van der Waals surface area contributed by atoms with E-state index in [-0.39, 0.29) is 17.1 Å². The third-order valence-electron chi connectivity index (χ3n) is 13.9. The van der Waals surface area contributed by atoms with E-state index in [0.717, 1.165) is 35.5 Å². The Balaban J connectivity index is 0.000000478. The second-order valence-corrected chi connectivity index (χ2v) is 16.9. The van der Waals surface area contributed by atoms with Crippen molar-refractivity contribution in [1.29, 1.82) is 0 Å². The van der Waals surface area contributed by atoms with Crippen LogP contribution >= 0.6 is 11.3 Å². The molecule has 5 saturated heterocycles. The van der Waals surface area contributed by atoms with Crippen LogP contribution in [0.4, 0.5) is 0 Å². The van der Waals surface area contributed by atoms with Gasteiger partial charge >= 0.3 is 17.1 Å². The first kappa shape index (κ1) is 33.1. The summed E-state index contributed by atoms with van der Waals surface area (Å²) in [5.41, 5.74) is 0. The molecule has 4 saturated carbocycles. The first-order valence-corrected chi connectivity index (χ1v) is 20.0. The maximum Gasteiger partial charge on any atom is 2.00 e. The van der Waals surface area contributed by atoms with Gasteiger partial charge in [-0.3, -0.25) is 42.5 Å². The third-order valence-corrected chi connectivity index (χ3v) is 14.5. The Hall–Kier alpha value is -0.101. The number of thiophene rings is 1. The van der Waals surface area contributed by atoms with Gasteiger partial charge in [0.2, 0.25) is 0 Å². The molecule has 6 heterocycles. The molecule has 4 aliphatic carbocycles. The Bertz CT molecular complexity index is 887. The van der Waals surface area contributed by atoms with Crippen LogP contribution in [-0.4, -0.2) is 49.3 Å². The molecule has 9 aliphatic rings. The fourth-order valence-electron chi connectivity index (χ4n) is 11.9. The van der Waals surface area contributed by atoms with Crippen LogP contribution in [0.15, 0.2) is 17.5 Å². The van der Waals surface area contributed by atoms with E-state index in [4.69, 9.17) is 0 Å². The molecule has 0 amide bonds. The number of hydrogen-bond donors (Lipinski definition) is 8. The summed E-state index contributed by atoms with van der Waals surface area (Å²) in [6, 6.07) is 3.86. The number of hydrogen-bond acceptors (Lipinski definition) is 9. The molecule has 16 atom stereocenters. The van der Waals surface area contributed by atoms with Gasteiger partial charge in [0.25, 0.3) is 0 Å². The molecule has 16 unspecified atom stereocenters. The Morgan fingerprint density at radius 1 is 0.457 bits per heavy atom. The summed E-state index contributed by atoms with van der Waals surface area (Å²) in [7, 11) is 0. The monoisotopic (exact) mass is 697 g/mol. The van der Waals surface area contributed by atoms with Crippen LogP contribution in [-0.2, 0) is 17.1 Å². The Kier molecular flexibility index (Phi) is 10.5. The smallest absolute Gasteiger partial charge is 0.322 e. The number of nitrogens with one attached hydrogen (secondary N) is 8. The van der Waals surface area contributed by atoms with Crippen molar-refractivity contribution in [3.63, 3.8) is 0 Å². The minimum absolute atomic E-state index is 0. The quantitative estimate of drug-likeness (QED) is 0.153. The SMILES string of the molecule is [CH-]1CCCC2C3NC(NC4NC(NC5NC(NC6NC(N3)C3CCCCC63)C3CCCCC53)C3CCCCC43)C12.[Cu+2].[c-]1cccs1. The molecule has 8 bridgehead atoms.